The number of thiophene rings is 1. The minimum absolute atomic E-state index is 0.112. The first-order valence-corrected chi connectivity index (χ1v) is 23.7. The Morgan fingerprint density at radius 1 is 0.758 bits per heavy atom. The molecule has 2 heterocycles. The average Bonchev–Trinajstić information content (AvgIpc) is 3.97. The van der Waals surface area contributed by atoms with Gasteiger partial charge in [-0.1, -0.05) is 142 Å². The van der Waals surface area contributed by atoms with Crippen molar-refractivity contribution in [3.63, 3.8) is 0 Å². The quantitative estimate of drug-likeness (QED) is 0.121. The Balaban J connectivity index is 1.25. The third-order valence-electron chi connectivity index (χ3n) is 14.1. The maximum absolute atomic E-state index is 9.84. The first-order valence-electron chi connectivity index (χ1n) is 22.9. The summed E-state index contributed by atoms with van der Waals surface area (Å²) in [7, 11) is 0. The van der Waals surface area contributed by atoms with E-state index in [1.165, 1.54) is 86.1 Å². The van der Waals surface area contributed by atoms with Gasteiger partial charge in [0.2, 0.25) is 0 Å². The minimum atomic E-state index is -0.112. The molecule has 0 bridgehead atoms. The van der Waals surface area contributed by atoms with Gasteiger partial charge in [-0.15, -0.1) is 11.3 Å². The largest absolute Gasteiger partial charge is 0.290 e. The van der Waals surface area contributed by atoms with Crippen LogP contribution in [0.2, 0.25) is 0 Å². The number of rotatable bonds is 6. The average molecular weight is 867 g/mol. The number of fused-ring (bicyclic) bond motifs is 14. The number of benzene rings is 8. The topological polar surface area (TPSA) is 53.4 Å². The predicted octanol–water partition coefficient (Wildman–Crippen LogP) is 16.2. The first kappa shape index (κ1) is 39.9. The lowest BCUT2D eigenvalue weighted by Gasteiger charge is -2.21. The Hall–Kier alpha value is -7.65. The molecule has 0 unspecified atom stereocenters. The van der Waals surface area contributed by atoms with Crippen LogP contribution >= 0.6 is 11.3 Å². The van der Waals surface area contributed by atoms with Gasteiger partial charge >= 0.3 is 0 Å². The van der Waals surface area contributed by atoms with Crippen LogP contribution in [0.3, 0.4) is 0 Å². The van der Waals surface area contributed by atoms with Crippen LogP contribution in [0.15, 0.2) is 191 Å². The van der Waals surface area contributed by atoms with E-state index in [9.17, 15) is 5.26 Å². The van der Waals surface area contributed by atoms with Crippen molar-refractivity contribution < 1.29 is 0 Å². The van der Waals surface area contributed by atoms with Crippen LogP contribution in [0.1, 0.15) is 62.8 Å². The molecule has 10 aromatic rings. The lowest BCUT2D eigenvalue weighted by Crippen LogP contribution is -2.25. The maximum atomic E-state index is 9.84. The standard InChI is InChI=1S/C61H46N4S/c1-6-63-57(39-28-26-38(35-62)27-29-39)60(64-37(3)43-19-10-7-16-36(43)2)65-52-25-14-12-21-47(52)55-48-33-42(44-22-15-24-51-54(44)46-20-11-13-23-50(46)61(51,4)5)30-31-45(48)56-49-32-40-17-8-9-18-41(40)34-53(49)66-59(56)58(55)65/h7-9,11-18,20-34H,3,6,10,19H2,1-2,4-5H3. The summed E-state index contributed by atoms with van der Waals surface area (Å²) < 4.78 is 4.83. The van der Waals surface area contributed by atoms with Gasteiger partial charge in [0.15, 0.2) is 5.84 Å². The van der Waals surface area contributed by atoms with Crippen LogP contribution in [0.25, 0.3) is 85.8 Å². The monoisotopic (exact) mass is 866 g/mol. The molecule has 0 fully saturated rings. The van der Waals surface area contributed by atoms with Crippen LogP contribution in [-0.4, -0.2) is 22.7 Å². The van der Waals surface area contributed by atoms with E-state index in [0.29, 0.717) is 17.9 Å². The molecule has 0 spiro atoms. The zero-order valence-electron chi connectivity index (χ0n) is 37.5. The summed E-state index contributed by atoms with van der Waals surface area (Å²) in [4.78, 5) is 10.9. The fourth-order valence-corrected chi connectivity index (χ4v) is 12.3. The lowest BCUT2D eigenvalue weighted by molar-refractivity contribution is 0.660. The highest BCUT2D eigenvalue weighted by molar-refractivity contribution is 7.27. The Morgan fingerprint density at radius 3 is 2.30 bits per heavy atom. The summed E-state index contributed by atoms with van der Waals surface area (Å²) in [6, 6.07) is 55.3. The zero-order valence-corrected chi connectivity index (χ0v) is 38.4. The second-order valence-corrected chi connectivity index (χ2v) is 19.3. The van der Waals surface area contributed by atoms with Gasteiger partial charge in [0.25, 0.3) is 0 Å². The zero-order chi connectivity index (χ0) is 44.8. The fraction of sp³-hybridized carbons (Fsp3) is 0.131. The van der Waals surface area contributed by atoms with Crippen LogP contribution in [0, 0.1) is 11.3 Å². The van der Waals surface area contributed by atoms with Gasteiger partial charge in [-0.3, -0.25) is 9.56 Å². The summed E-state index contributed by atoms with van der Waals surface area (Å²) in [5.41, 5.74) is 15.1. The van der Waals surface area contributed by atoms with E-state index in [2.05, 4.69) is 172 Å². The van der Waals surface area contributed by atoms with E-state index >= 15 is 0 Å². The van der Waals surface area contributed by atoms with Gasteiger partial charge < -0.3 is 0 Å². The number of nitriles is 1. The fourth-order valence-electron chi connectivity index (χ4n) is 11.0. The Morgan fingerprint density at radius 2 is 1.50 bits per heavy atom. The Kier molecular flexibility index (Phi) is 9.21. The highest BCUT2D eigenvalue weighted by Crippen LogP contribution is 2.53. The van der Waals surface area contributed by atoms with Gasteiger partial charge in [0, 0.05) is 43.8 Å². The molecule has 2 aromatic heterocycles. The van der Waals surface area contributed by atoms with Gasteiger partial charge in [-0.25, -0.2) is 4.99 Å². The summed E-state index contributed by atoms with van der Waals surface area (Å²) in [6.45, 7) is 14.2. The molecule has 4 nitrogen and oxygen atoms in total. The molecule has 8 aromatic carbocycles. The van der Waals surface area contributed by atoms with Crippen LogP contribution < -0.4 is 0 Å². The van der Waals surface area contributed by atoms with Gasteiger partial charge in [-0.2, -0.15) is 5.26 Å². The van der Waals surface area contributed by atoms with Gasteiger partial charge in [0.1, 0.15) is 5.71 Å². The highest BCUT2D eigenvalue weighted by Gasteiger charge is 2.37. The third kappa shape index (κ3) is 5.95. The lowest BCUT2D eigenvalue weighted by atomic mass is 9.82. The van der Waals surface area contributed by atoms with Crippen molar-refractivity contribution in [2.75, 3.05) is 6.54 Å². The van der Waals surface area contributed by atoms with E-state index in [-0.39, 0.29) is 5.41 Å². The van der Waals surface area contributed by atoms with E-state index in [1.54, 1.807) is 0 Å². The molecule has 316 valence electrons. The predicted molar refractivity (Wildman–Crippen MR) is 282 cm³/mol. The molecule has 5 heteroatoms. The van der Waals surface area contributed by atoms with E-state index in [1.807, 2.05) is 35.6 Å². The van der Waals surface area contributed by atoms with Gasteiger partial charge in [-0.05, 0) is 129 Å². The number of allylic oxidation sites excluding steroid dienone is 4. The SMILES string of the molecule is C=C(N=C(C(=NCC)c1ccc(C#N)cc1)n1c2ccccc2c2c3cc(-c4cccc5c4-c4ccccc4C5(C)C)ccc3c3c4cc5ccccc5cc4sc3c21)C1=C(C)C=CCC1. The van der Waals surface area contributed by atoms with Crippen molar-refractivity contribution in [2.45, 2.75) is 46.0 Å². The van der Waals surface area contributed by atoms with Crippen molar-refractivity contribution in [3.05, 3.63) is 203 Å². The molecule has 12 rings (SSSR count). The molecule has 0 aliphatic heterocycles. The van der Waals surface area contributed by atoms with Crippen molar-refractivity contribution >= 4 is 86.4 Å². The molecule has 0 amide bonds. The second-order valence-electron chi connectivity index (χ2n) is 18.2. The van der Waals surface area contributed by atoms with Crippen LogP contribution in [-0.2, 0) is 5.41 Å². The van der Waals surface area contributed by atoms with Crippen molar-refractivity contribution in [3.8, 4) is 28.3 Å². The first-order chi connectivity index (χ1) is 32.2. The van der Waals surface area contributed by atoms with Crippen molar-refractivity contribution in [1.82, 2.24) is 4.57 Å². The molecule has 2 aliphatic rings. The third-order valence-corrected chi connectivity index (χ3v) is 15.3. The maximum Gasteiger partial charge on any atom is 0.164 e. The molecular formula is C61H46N4S. The number of hydrogen-bond donors (Lipinski definition) is 0. The minimum Gasteiger partial charge on any atom is -0.290 e. The van der Waals surface area contributed by atoms with E-state index in [0.717, 1.165) is 51.8 Å². The van der Waals surface area contributed by atoms with Gasteiger partial charge in [0.05, 0.1) is 33.1 Å². The summed E-state index contributed by atoms with van der Waals surface area (Å²) >= 11 is 1.86. The second kappa shape index (κ2) is 15.2. The Bertz CT molecular complexity index is 3910. The molecule has 0 atom stereocenters. The molecule has 2 aliphatic carbocycles. The summed E-state index contributed by atoms with van der Waals surface area (Å²) in [5.74, 6) is 0.715. The number of nitrogens with zero attached hydrogens (tertiary/aromatic N) is 4. The van der Waals surface area contributed by atoms with Crippen molar-refractivity contribution in [1.29, 1.82) is 5.26 Å². The molecule has 0 radical (unpaired) electrons. The van der Waals surface area contributed by atoms with Crippen LogP contribution in [0.5, 0.6) is 0 Å². The van der Waals surface area contributed by atoms with Crippen LogP contribution in [0.4, 0.5) is 0 Å². The van der Waals surface area contributed by atoms with E-state index in [4.69, 9.17) is 16.6 Å². The molecule has 0 saturated carbocycles. The molecule has 0 saturated heterocycles. The normalized spacial score (nSPS) is 14.8. The summed E-state index contributed by atoms with van der Waals surface area (Å²) in [6.07, 6.45) is 6.23. The van der Waals surface area contributed by atoms with E-state index < -0.39 is 0 Å². The van der Waals surface area contributed by atoms with Crippen molar-refractivity contribution in [2.24, 2.45) is 9.98 Å². The number of para-hydroxylation sites is 1. The molecular weight excluding hydrogens is 821 g/mol. The number of hydrogen-bond acceptors (Lipinski definition) is 4. The Labute approximate surface area is 388 Å². The highest BCUT2D eigenvalue weighted by atomic mass is 32.1. The smallest absolute Gasteiger partial charge is 0.164 e. The molecule has 0 N–H and O–H groups in total. The number of aliphatic imine (C=N–C) groups is 2. The summed E-state index contributed by atoms with van der Waals surface area (Å²) in [5, 5.41) is 19.5. The molecule has 66 heavy (non-hydrogen) atoms. The number of aromatic nitrogens is 1.